The van der Waals surface area contributed by atoms with Gasteiger partial charge in [-0.2, -0.15) is 0 Å². The lowest BCUT2D eigenvalue weighted by Gasteiger charge is -2.08. The van der Waals surface area contributed by atoms with Crippen molar-refractivity contribution in [2.45, 2.75) is 11.4 Å². The van der Waals surface area contributed by atoms with Crippen molar-refractivity contribution in [1.82, 2.24) is 9.13 Å². The molecule has 0 amide bonds. The molecule has 0 atom stereocenters. The Morgan fingerprint density at radius 1 is 1.19 bits per heavy atom. The van der Waals surface area contributed by atoms with Crippen molar-refractivity contribution >= 4 is 31.5 Å². The van der Waals surface area contributed by atoms with Crippen molar-refractivity contribution in [2.24, 2.45) is 7.05 Å². The zero-order valence-electron chi connectivity index (χ0n) is 11.6. The molecule has 0 saturated heterocycles. The maximum Gasteiger partial charge on any atom is 0.329 e. The summed E-state index contributed by atoms with van der Waals surface area (Å²) in [6.45, 7) is 0.246. The van der Waals surface area contributed by atoms with Gasteiger partial charge in [0.15, 0.2) is 9.84 Å². The van der Waals surface area contributed by atoms with Crippen LogP contribution in [-0.2, 0) is 23.4 Å². The van der Waals surface area contributed by atoms with Gasteiger partial charge in [0.25, 0.3) is 0 Å². The first-order valence-corrected chi connectivity index (χ1v) is 9.07. The molecule has 2 aromatic heterocycles. The van der Waals surface area contributed by atoms with Crippen LogP contribution in [0.3, 0.4) is 0 Å². The molecular weight excluding hydrogens is 308 g/mol. The molecule has 3 aromatic rings. The first-order chi connectivity index (χ1) is 9.89. The third-order valence-corrected chi connectivity index (χ3v) is 5.61. The van der Waals surface area contributed by atoms with Gasteiger partial charge in [-0.1, -0.05) is 18.2 Å². The van der Waals surface area contributed by atoms with Crippen LogP contribution in [-0.4, -0.2) is 23.8 Å². The first-order valence-electron chi connectivity index (χ1n) is 6.30. The average Bonchev–Trinajstić information content (AvgIpc) is 2.98. The quantitative estimate of drug-likeness (QED) is 0.739. The maximum absolute atomic E-state index is 12.3. The summed E-state index contributed by atoms with van der Waals surface area (Å²) in [5, 5.41) is 1.92. The summed E-state index contributed by atoms with van der Waals surface area (Å²) in [5.41, 5.74) is 1.32. The fourth-order valence-corrected chi connectivity index (χ4v) is 4.24. The van der Waals surface area contributed by atoms with Crippen LogP contribution >= 0.6 is 11.3 Å². The second-order valence-corrected chi connectivity index (χ2v) is 7.80. The zero-order valence-corrected chi connectivity index (χ0v) is 13.2. The van der Waals surface area contributed by atoms with E-state index in [1.54, 1.807) is 40.4 Å². The lowest BCUT2D eigenvalue weighted by Crippen LogP contribution is -2.23. The van der Waals surface area contributed by atoms with E-state index in [0.29, 0.717) is 5.56 Å². The van der Waals surface area contributed by atoms with Crippen molar-refractivity contribution in [3.05, 3.63) is 51.8 Å². The van der Waals surface area contributed by atoms with E-state index in [1.807, 2.05) is 11.4 Å². The molecule has 5 nitrogen and oxygen atoms in total. The number of hydrogen-bond acceptors (Lipinski definition) is 4. The lowest BCUT2D eigenvalue weighted by atomic mass is 10.2. The summed E-state index contributed by atoms with van der Waals surface area (Å²) in [5.74, 6) is 0. The Hall–Kier alpha value is -1.86. The highest BCUT2D eigenvalue weighted by atomic mass is 32.2. The number of aryl methyl sites for hydroxylation is 1. The van der Waals surface area contributed by atoms with Crippen LogP contribution in [0.4, 0.5) is 0 Å². The van der Waals surface area contributed by atoms with Gasteiger partial charge in [0, 0.05) is 13.3 Å². The van der Waals surface area contributed by atoms with Crippen molar-refractivity contribution in [3.63, 3.8) is 0 Å². The Labute approximate surface area is 126 Å². The second kappa shape index (κ2) is 4.85. The van der Waals surface area contributed by atoms with E-state index < -0.39 is 9.84 Å². The SMILES string of the molecule is Cn1c(=O)n(Cc2ccccc2S(C)(=O)=O)c2ccsc21. The van der Waals surface area contributed by atoms with E-state index in [4.69, 9.17) is 0 Å². The molecule has 0 unspecified atom stereocenters. The summed E-state index contributed by atoms with van der Waals surface area (Å²) in [4.78, 5) is 13.5. The minimum absolute atomic E-state index is 0.139. The molecular formula is C14H14N2O3S2. The molecule has 0 aliphatic carbocycles. The predicted octanol–water partition coefficient (Wildman–Crippen LogP) is 1.85. The molecule has 0 spiro atoms. The number of rotatable bonds is 3. The maximum atomic E-state index is 12.3. The largest absolute Gasteiger partial charge is 0.329 e. The third kappa shape index (κ3) is 2.32. The van der Waals surface area contributed by atoms with E-state index >= 15 is 0 Å². The predicted molar refractivity (Wildman–Crippen MR) is 83.7 cm³/mol. The molecule has 21 heavy (non-hydrogen) atoms. The summed E-state index contributed by atoms with van der Waals surface area (Å²) in [6.07, 6.45) is 1.18. The molecule has 1 aromatic carbocycles. The normalized spacial score (nSPS) is 12.1. The van der Waals surface area contributed by atoms with Crippen molar-refractivity contribution in [1.29, 1.82) is 0 Å². The van der Waals surface area contributed by atoms with Crippen molar-refractivity contribution < 1.29 is 8.42 Å². The summed E-state index contributed by atoms with van der Waals surface area (Å²) in [7, 11) is -1.60. The standard InChI is InChI=1S/C14H14N2O3S2/c1-15-13-11(7-8-20-13)16(14(15)17)9-10-5-3-4-6-12(10)21(2,18)19/h3-8H,9H2,1-2H3. The third-order valence-electron chi connectivity index (χ3n) is 3.44. The zero-order chi connectivity index (χ0) is 15.2. The van der Waals surface area contributed by atoms with Gasteiger partial charge in [-0.3, -0.25) is 9.13 Å². The molecule has 0 fully saturated rings. The Bertz CT molecular complexity index is 977. The van der Waals surface area contributed by atoms with Crippen molar-refractivity contribution in [2.75, 3.05) is 6.26 Å². The number of imidazole rings is 1. The number of sulfone groups is 1. The molecule has 0 N–H and O–H groups in total. The van der Waals surface area contributed by atoms with Crippen LogP contribution in [0.2, 0.25) is 0 Å². The van der Waals surface area contributed by atoms with Gasteiger partial charge in [-0.05, 0) is 23.1 Å². The average molecular weight is 322 g/mol. The number of benzene rings is 1. The number of hydrogen-bond donors (Lipinski definition) is 0. The number of aromatic nitrogens is 2. The Morgan fingerprint density at radius 3 is 2.62 bits per heavy atom. The van der Waals surface area contributed by atoms with Gasteiger partial charge < -0.3 is 0 Å². The summed E-state index contributed by atoms with van der Waals surface area (Å²) >= 11 is 1.49. The topological polar surface area (TPSA) is 61.1 Å². The van der Waals surface area contributed by atoms with E-state index in [0.717, 1.165) is 10.3 Å². The van der Waals surface area contributed by atoms with Gasteiger partial charge in [0.05, 0.1) is 17.0 Å². The molecule has 0 saturated carbocycles. The minimum Gasteiger partial charge on any atom is -0.287 e. The van der Waals surface area contributed by atoms with Crippen molar-refractivity contribution in [3.8, 4) is 0 Å². The molecule has 110 valence electrons. The minimum atomic E-state index is -3.32. The van der Waals surface area contributed by atoms with Crippen LogP contribution in [0, 0.1) is 0 Å². The van der Waals surface area contributed by atoms with Crippen LogP contribution in [0.15, 0.2) is 45.4 Å². The van der Waals surface area contributed by atoms with E-state index in [9.17, 15) is 13.2 Å². The molecule has 7 heteroatoms. The molecule has 3 rings (SSSR count). The molecule has 0 bridgehead atoms. The Kier molecular flexibility index (Phi) is 3.26. The van der Waals surface area contributed by atoms with E-state index in [2.05, 4.69) is 0 Å². The number of fused-ring (bicyclic) bond motifs is 1. The molecule has 2 heterocycles. The van der Waals surface area contributed by atoms with Gasteiger partial charge in [0.1, 0.15) is 4.83 Å². The summed E-state index contributed by atoms with van der Waals surface area (Å²) in [6, 6.07) is 8.67. The number of nitrogens with zero attached hydrogens (tertiary/aromatic N) is 2. The van der Waals surface area contributed by atoms with Gasteiger partial charge in [-0.15, -0.1) is 11.3 Å². The van der Waals surface area contributed by atoms with Gasteiger partial charge in [0.2, 0.25) is 0 Å². The number of thiophene rings is 1. The van der Waals surface area contributed by atoms with Crippen LogP contribution in [0.5, 0.6) is 0 Å². The van der Waals surface area contributed by atoms with Crippen LogP contribution in [0.1, 0.15) is 5.56 Å². The molecule has 0 aliphatic rings. The molecule has 0 aliphatic heterocycles. The fraction of sp³-hybridized carbons (Fsp3) is 0.214. The van der Waals surface area contributed by atoms with Crippen LogP contribution in [0.25, 0.3) is 10.3 Å². The smallest absolute Gasteiger partial charge is 0.287 e. The van der Waals surface area contributed by atoms with Gasteiger partial charge >= 0.3 is 5.69 Å². The Balaban J connectivity index is 2.19. The highest BCUT2D eigenvalue weighted by Crippen LogP contribution is 2.22. The molecule has 0 radical (unpaired) electrons. The Morgan fingerprint density at radius 2 is 1.90 bits per heavy atom. The highest BCUT2D eigenvalue weighted by Gasteiger charge is 2.16. The second-order valence-electron chi connectivity index (χ2n) is 4.92. The van der Waals surface area contributed by atoms with Crippen LogP contribution < -0.4 is 5.69 Å². The van der Waals surface area contributed by atoms with Gasteiger partial charge in [-0.25, -0.2) is 13.2 Å². The monoisotopic (exact) mass is 322 g/mol. The summed E-state index contributed by atoms with van der Waals surface area (Å²) < 4.78 is 26.9. The fourth-order valence-electron chi connectivity index (χ4n) is 2.44. The first kappa shape index (κ1) is 14.1. The lowest BCUT2D eigenvalue weighted by molar-refractivity contribution is 0.599. The van der Waals surface area contributed by atoms with E-state index in [-0.39, 0.29) is 17.1 Å². The van der Waals surface area contributed by atoms with E-state index in [1.165, 1.54) is 17.6 Å². The highest BCUT2D eigenvalue weighted by molar-refractivity contribution is 7.90.